The van der Waals surface area contributed by atoms with Crippen LogP contribution in [0.4, 0.5) is 0 Å². The Morgan fingerprint density at radius 2 is 1.36 bits per heavy atom. The summed E-state index contributed by atoms with van der Waals surface area (Å²) in [7, 11) is 0. The van der Waals surface area contributed by atoms with Gasteiger partial charge in [-0.05, 0) is 32.1 Å². The highest BCUT2D eigenvalue weighted by Gasteiger charge is 2.01. The van der Waals surface area contributed by atoms with Gasteiger partial charge in [-0.2, -0.15) is 0 Å². The molecule has 1 N–H and O–H groups in total. The van der Waals surface area contributed by atoms with Crippen molar-refractivity contribution >= 4 is 5.97 Å². The molecule has 0 saturated carbocycles. The predicted molar refractivity (Wildman–Crippen MR) is 83.9 cm³/mol. The molecule has 0 rings (SSSR count). The van der Waals surface area contributed by atoms with Crippen LogP contribution in [0.15, 0.2) is 0 Å². The summed E-state index contributed by atoms with van der Waals surface area (Å²) in [5.74, 6) is -0.296. The number of aliphatic hydroxyl groups excluding tert-OH is 1. The number of hydrogen-bond acceptors (Lipinski definition) is 6. The largest absolute Gasteiger partial charge is 0.464 e. The van der Waals surface area contributed by atoms with Crippen molar-refractivity contribution in [3.63, 3.8) is 0 Å². The summed E-state index contributed by atoms with van der Waals surface area (Å²) in [6.45, 7) is 5.92. The van der Waals surface area contributed by atoms with Gasteiger partial charge in [-0.15, -0.1) is 0 Å². The molecule has 6 heteroatoms. The second kappa shape index (κ2) is 18.4. The molecule has 0 fully saturated rings. The van der Waals surface area contributed by atoms with Crippen LogP contribution in [0.5, 0.6) is 0 Å². The van der Waals surface area contributed by atoms with Crippen molar-refractivity contribution in [1.82, 2.24) is 0 Å². The van der Waals surface area contributed by atoms with E-state index < -0.39 is 0 Å². The third-order valence-electron chi connectivity index (χ3n) is 2.83. The van der Waals surface area contributed by atoms with E-state index in [1.54, 1.807) is 0 Å². The SMILES string of the molecule is CCCCOC(=O)COCCCOCCCCOCCCO. The van der Waals surface area contributed by atoms with Crippen LogP contribution in [-0.4, -0.2) is 63.9 Å². The summed E-state index contributed by atoms with van der Waals surface area (Å²) in [4.78, 5) is 11.2. The van der Waals surface area contributed by atoms with Crippen LogP contribution in [0.2, 0.25) is 0 Å². The van der Waals surface area contributed by atoms with Crippen LogP contribution in [0, 0.1) is 0 Å². The Labute approximate surface area is 134 Å². The first-order chi connectivity index (χ1) is 10.8. The molecule has 0 heterocycles. The van der Waals surface area contributed by atoms with E-state index in [-0.39, 0.29) is 19.2 Å². The predicted octanol–water partition coefficient (Wildman–Crippen LogP) is 1.93. The Bertz CT molecular complexity index is 235. The van der Waals surface area contributed by atoms with Gasteiger partial charge in [0.05, 0.1) is 6.61 Å². The Balaban J connectivity index is 3.06. The quantitative estimate of drug-likeness (QED) is 0.326. The molecule has 0 aromatic rings. The van der Waals surface area contributed by atoms with E-state index in [0.717, 1.165) is 32.1 Å². The minimum atomic E-state index is -0.296. The van der Waals surface area contributed by atoms with Gasteiger partial charge >= 0.3 is 5.97 Å². The smallest absolute Gasteiger partial charge is 0.332 e. The average molecular weight is 320 g/mol. The monoisotopic (exact) mass is 320 g/mol. The molecule has 0 amide bonds. The number of carbonyl (C=O) groups excluding carboxylic acids is 1. The van der Waals surface area contributed by atoms with Crippen molar-refractivity contribution in [3.05, 3.63) is 0 Å². The molecule has 0 aliphatic heterocycles. The van der Waals surface area contributed by atoms with E-state index in [4.69, 9.17) is 24.1 Å². The lowest BCUT2D eigenvalue weighted by Gasteiger charge is -2.06. The summed E-state index contributed by atoms with van der Waals surface area (Å²) in [5, 5.41) is 8.57. The molecule has 6 nitrogen and oxygen atoms in total. The van der Waals surface area contributed by atoms with E-state index in [0.29, 0.717) is 46.1 Å². The number of esters is 1. The van der Waals surface area contributed by atoms with Crippen molar-refractivity contribution < 1.29 is 28.8 Å². The zero-order valence-electron chi connectivity index (χ0n) is 13.9. The fraction of sp³-hybridized carbons (Fsp3) is 0.938. The molecule has 0 unspecified atom stereocenters. The number of hydrogen-bond donors (Lipinski definition) is 1. The van der Waals surface area contributed by atoms with Gasteiger partial charge in [0, 0.05) is 39.6 Å². The number of aliphatic hydroxyl groups is 1. The van der Waals surface area contributed by atoms with Crippen LogP contribution in [-0.2, 0) is 23.7 Å². The third-order valence-corrected chi connectivity index (χ3v) is 2.83. The molecular weight excluding hydrogens is 288 g/mol. The normalized spacial score (nSPS) is 10.8. The maximum Gasteiger partial charge on any atom is 0.332 e. The van der Waals surface area contributed by atoms with Crippen LogP contribution in [0.3, 0.4) is 0 Å². The highest BCUT2D eigenvalue weighted by atomic mass is 16.6. The maximum absolute atomic E-state index is 11.2. The van der Waals surface area contributed by atoms with Gasteiger partial charge in [-0.1, -0.05) is 13.3 Å². The Kier molecular flexibility index (Phi) is 17.8. The Morgan fingerprint density at radius 3 is 2.00 bits per heavy atom. The maximum atomic E-state index is 11.2. The summed E-state index contributed by atoms with van der Waals surface area (Å²) in [6, 6.07) is 0. The molecule has 0 aromatic heterocycles. The zero-order chi connectivity index (χ0) is 16.3. The van der Waals surface area contributed by atoms with Gasteiger partial charge in [0.2, 0.25) is 0 Å². The third kappa shape index (κ3) is 17.4. The average Bonchev–Trinajstić information content (AvgIpc) is 2.52. The van der Waals surface area contributed by atoms with E-state index >= 15 is 0 Å². The molecule has 0 radical (unpaired) electrons. The van der Waals surface area contributed by atoms with Crippen molar-refractivity contribution in [2.75, 3.05) is 52.9 Å². The highest BCUT2D eigenvalue weighted by Crippen LogP contribution is 1.94. The van der Waals surface area contributed by atoms with Crippen molar-refractivity contribution in [2.24, 2.45) is 0 Å². The first-order valence-electron chi connectivity index (χ1n) is 8.31. The van der Waals surface area contributed by atoms with E-state index in [2.05, 4.69) is 6.92 Å². The lowest BCUT2D eigenvalue weighted by atomic mass is 10.3. The number of rotatable bonds is 17. The van der Waals surface area contributed by atoms with Gasteiger partial charge in [-0.25, -0.2) is 4.79 Å². The Morgan fingerprint density at radius 1 is 0.773 bits per heavy atom. The highest BCUT2D eigenvalue weighted by molar-refractivity contribution is 5.70. The fourth-order valence-corrected chi connectivity index (χ4v) is 1.57. The summed E-state index contributed by atoms with van der Waals surface area (Å²) < 4.78 is 21.0. The molecule has 0 bridgehead atoms. The van der Waals surface area contributed by atoms with E-state index in [1.807, 2.05) is 0 Å². The molecule has 0 saturated heterocycles. The molecule has 0 aliphatic rings. The van der Waals surface area contributed by atoms with Crippen LogP contribution >= 0.6 is 0 Å². The van der Waals surface area contributed by atoms with Crippen molar-refractivity contribution in [2.45, 2.75) is 45.4 Å². The number of unbranched alkanes of at least 4 members (excludes halogenated alkanes) is 2. The van der Waals surface area contributed by atoms with Gasteiger partial charge in [-0.3, -0.25) is 0 Å². The molecule has 0 atom stereocenters. The Hall–Kier alpha value is -0.690. The van der Waals surface area contributed by atoms with Crippen LogP contribution in [0.1, 0.15) is 45.4 Å². The molecular formula is C16H32O6. The van der Waals surface area contributed by atoms with E-state index in [9.17, 15) is 4.79 Å². The second-order valence-electron chi connectivity index (χ2n) is 4.99. The number of ether oxygens (including phenoxy) is 4. The molecule has 0 spiro atoms. The minimum Gasteiger partial charge on any atom is -0.464 e. The first kappa shape index (κ1) is 21.3. The van der Waals surface area contributed by atoms with Gasteiger partial charge < -0.3 is 24.1 Å². The summed E-state index contributed by atoms with van der Waals surface area (Å²) >= 11 is 0. The van der Waals surface area contributed by atoms with Crippen LogP contribution < -0.4 is 0 Å². The standard InChI is InChI=1S/C16H32O6/c1-2-3-14-22-16(18)15-21-13-7-12-20-10-5-4-9-19-11-6-8-17/h17H,2-15H2,1H3. The van der Waals surface area contributed by atoms with Gasteiger partial charge in [0.1, 0.15) is 6.61 Å². The molecule has 0 aliphatic carbocycles. The molecule has 0 aromatic carbocycles. The van der Waals surface area contributed by atoms with Crippen molar-refractivity contribution in [1.29, 1.82) is 0 Å². The number of carbonyl (C=O) groups is 1. The van der Waals surface area contributed by atoms with Gasteiger partial charge in [0.15, 0.2) is 0 Å². The van der Waals surface area contributed by atoms with Crippen molar-refractivity contribution in [3.8, 4) is 0 Å². The van der Waals surface area contributed by atoms with Crippen LogP contribution in [0.25, 0.3) is 0 Å². The summed E-state index contributed by atoms with van der Waals surface area (Å²) in [5.41, 5.74) is 0. The zero-order valence-corrected chi connectivity index (χ0v) is 13.9. The fourth-order valence-electron chi connectivity index (χ4n) is 1.57. The minimum absolute atomic E-state index is 0.0227. The van der Waals surface area contributed by atoms with Gasteiger partial charge in [0.25, 0.3) is 0 Å². The molecule has 22 heavy (non-hydrogen) atoms. The van der Waals surface area contributed by atoms with E-state index in [1.165, 1.54) is 0 Å². The lowest BCUT2D eigenvalue weighted by molar-refractivity contribution is -0.149. The lowest BCUT2D eigenvalue weighted by Crippen LogP contribution is -2.14. The summed E-state index contributed by atoms with van der Waals surface area (Å²) in [6.07, 6.45) is 5.31. The first-order valence-corrected chi connectivity index (χ1v) is 8.31. The second-order valence-corrected chi connectivity index (χ2v) is 4.99. The molecule has 132 valence electrons. The topological polar surface area (TPSA) is 74.2 Å².